The van der Waals surface area contributed by atoms with Crippen molar-refractivity contribution in [3.63, 3.8) is 0 Å². The molecular weight excluding hydrogens is 398 g/mol. The number of fused-ring (bicyclic) bond motifs is 1. The first-order valence-electron chi connectivity index (χ1n) is 9.91. The number of nitrogens with zero attached hydrogens (tertiary/aromatic N) is 4. The van der Waals surface area contributed by atoms with Gasteiger partial charge in [0.1, 0.15) is 17.4 Å². The molecule has 5 rings (SSSR count). The van der Waals surface area contributed by atoms with E-state index in [9.17, 15) is 4.79 Å². The fraction of sp³-hybridized carbons (Fsp3) is 0.238. The van der Waals surface area contributed by atoms with Crippen LogP contribution in [0.15, 0.2) is 42.6 Å². The summed E-state index contributed by atoms with van der Waals surface area (Å²) in [6.45, 7) is 2.70. The van der Waals surface area contributed by atoms with E-state index in [-0.39, 0.29) is 12.5 Å². The third-order valence-corrected chi connectivity index (χ3v) is 4.98. The Kier molecular flexibility index (Phi) is 4.97. The standard InChI is InChI=1S/C21H21N7O3/c22-18-4-1-13(11-23-18)16-10-19(27-21(26-16)28-5-7-30-8-6-28)24-14-2-3-15-17(9-14)31-12-20(29)25-15/h1-4,9-11H,5-8,12H2,(H2,22,23)(H,25,29)(H,24,26,27). The highest BCUT2D eigenvalue weighted by molar-refractivity contribution is 5.95. The Balaban J connectivity index is 1.49. The fourth-order valence-corrected chi connectivity index (χ4v) is 3.41. The summed E-state index contributed by atoms with van der Waals surface area (Å²) in [7, 11) is 0. The summed E-state index contributed by atoms with van der Waals surface area (Å²) in [6, 6.07) is 11.0. The number of pyridine rings is 1. The van der Waals surface area contributed by atoms with Crippen LogP contribution in [0.3, 0.4) is 0 Å². The number of amides is 1. The highest BCUT2D eigenvalue weighted by Crippen LogP contribution is 2.32. The molecule has 158 valence electrons. The van der Waals surface area contributed by atoms with Crippen molar-refractivity contribution >= 4 is 34.9 Å². The van der Waals surface area contributed by atoms with Gasteiger partial charge in [-0.1, -0.05) is 0 Å². The molecule has 10 nitrogen and oxygen atoms in total. The SMILES string of the molecule is Nc1ccc(-c2cc(Nc3ccc4c(c3)OCC(=O)N4)nc(N3CCOCC3)n2)cn1. The second-order valence-electron chi connectivity index (χ2n) is 7.18. The third kappa shape index (κ3) is 4.19. The van der Waals surface area contributed by atoms with Gasteiger partial charge in [0.15, 0.2) is 6.61 Å². The fourth-order valence-electron chi connectivity index (χ4n) is 3.41. The number of rotatable bonds is 4. The lowest BCUT2D eigenvalue weighted by atomic mass is 10.2. The van der Waals surface area contributed by atoms with Gasteiger partial charge in [-0.3, -0.25) is 4.79 Å². The average molecular weight is 419 g/mol. The minimum atomic E-state index is -0.166. The normalized spacial score (nSPS) is 15.6. The van der Waals surface area contributed by atoms with Gasteiger partial charge in [0, 0.05) is 42.7 Å². The summed E-state index contributed by atoms with van der Waals surface area (Å²) >= 11 is 0. The lowest BCUT2D eigenvalue weighted by molar-refractivity contribution is -0.118. The molecule has 2 aliphatic rings. The van der Waals surface area contributed by atoms with E-state index in [2.05, 4.69) is 20.5 Å². The maximum Gasteiger partial charge on any atom is 0.262 e. The summed E-state index contributed by atoms with van der Waals surface area (Å²) in [5.41, 5.74) is 8.73. The quantitative estimate of drug-likeness (QED) is 0.582. The molecule has 0 spiro atoms. The molecule has 4 N–H and O–H groups in total. The zero-order chi connectivity index (χ0) is 21.2. The second kappa shape index (κ2) is 8.07. The number of aromatic nitrogens is 3. The average Bonchev–Trinajstić information content (AvgIpc) is 2.80. The number of hydrogen-bond acceptors (Lipinski definition) is 9. The van der Waals surface area contributed by atoms with Crippen molar-refractivity contribution in [3.05, 3.63) is 42.6 Å². The van der Waals surface area contributed by atoms with Crippen LogP contribution in [0.25, 0.3) is 11.3 Å². The summed E-state index contributed by atoms with van der Waals surface area (Å²) in [6.07, 6.45) is 1.69. The largest absolute Gasteiger partial charge is 0.482 e. The Morgan fingerprint density at radius 1 is 1.10 bits per heavy atom. The van der Waals surface area contributed by atoms with Gasteiger partial charge in [0.2, 0.25) is 5.95 Å². The van der Waals surface area contributed by atoms with Crippen LogP contribution < -0.4 is 26.0 Å². The molecule has 0 unspecified atom stereocenters. The van der Waals surface area contributed by atoms with Crippen LogP contribution in [-0.2, 0) is 9.53 Å². The number of ether oxygens (including phenoxy) is 2. The number of anilines is 5. The van der Waals surface area contributed by atoms with Crippen LogP contribution in [0.5, 0.6) is 5.75 Å². The highest BCUT2D eigenvalue weighted by Gasteiger charge is 2.18. The van der Waals surface area contributed by atoms with E-state index in [0.29, 0.717) is 42.2 Å². The molecular formula is C21H21N7O3. The van der Waals surface area contributed by atoms with Gasteiger partial charge >= 0.3 is 0 Å². The molecule has 1 aromatic carbocycles. The monoisotopic (exact) mass is 419 g/mol. The molecule has 0 saturated carbocycles. The van der Waals surface area contributed by atoms with Crippen LogP contribution in [0, 0.1) is 0 Å². The van der Waals surface area contributed by atoms with Gasteiger partial charge in [-0.25, -0.2) is 9.97 Å². The van der Waals surface area contributed by atoms with Crippen molar-refractivity contribution in [1.29, 1.82) is 0 Å². The smallest absolute Gasteiger partial charge is 0.262 e. The van der Waals surface area contributed by atoms with E-state index < -0.39 is 0 Å². The maximum atomic E-state index is 11.5. The molecule has 0 aliphatic carbocycles. The van der Waals surface area contributed by atoms with Gasteiger partial charge in [-0.2, -0.15) is 4.98 Å². The Hall–Kier alpha value is -3.92. The number of nitrogens with two attached hydrogens (primary N) is 1. The Morgan fingerprint density at radius 2 is 1.97 bits per heavy atom. The molecule has 0 radical (unpaired) electrons. The summed E-state index contributed by atoms with van der Waals surface area (Å²) in [4.78, 5) is 27.2. The number of benzene rings is 1. The van der Waals surface area contributed by atoms with E-state index in [4.69, 9.17) is 25.2 Å². The predicted molar refractivity (Wildman–Crippen MR) is 117 cm³/mol. The number of morpholine rings is 1. The van der Waals surface area contributed by atoms with E-state index in [1.54, 1.807) is 18.3 Å². The van der Waals surface area contributed by atoms with Crippen molar-refractivity contribution in [3.8, 4) is 17.0 Å². The lowest BCUT2D eigenvalue weighted by Gasteiger charge is -2.27. The molecule has 2 aliphatic heterocycles. The van der Waals surface area contributed by atoms with Gasteiger partial charge in [0.05, 0.1) is 24.6 Å². The minimum absolute atomic E-state index is 0.000570. The van der Waals surface area contributed by atoms with Gasteiger partial charge in [-0.15, -0.1) is 0 Å². The summed E-state index contributed by atoms with van der Waals surface area (Å²) < 4.78 is 11.0. The number of carbonyl (C=O) groups excluding carboxylic acids is 1. The molecule has 0 bridgehead atoms. The number of hydrogen-bond donors (Lipinski definition) is 3. The van der Waals surface area contributed by atoms with Crippen LogP contribution in [0.2, 0.25) is 0 Å². The summed E-state index contributed by atoms with van der Waals surface area (Å²) in [5.74, 6) is 2.13. The highest BCUT2D eigenvalue weighted by atomic mass is 16.5. The van der Waals surface area contributed by atoms with Crippen LogP contribution in [-0.4, -0.2) is 53.8 Å². The van der Waals surface area contributed by atoms with Crippen LogP contribution >= 0.6 is 0 Å². The first kappa shape index (κ1) is 19.1. The van der Waals surface area contributed by atoms with Crippen molar-refractivity contribution < 1.29 is 14.3 Å². The van der Waals surface area contributed by atoms with E-state index in [0.717, 1.165) is 30.0 Å². The lowest BCUT2D eigenvalue weighted by Crippen LogP contribution is -2.37. The van der Waals surface area contributed by atoms with Crippen molar-refractivity contribution in [1.82, 2.24) is 15.0 Å². The summed E-state index contributed by atoms with van der Waals surface area (Å²) in [5, 5.41) is 6.10. The topological polar surface area (TPSA) is 128 Å². The van der Waals surface area contributed by atoms with E-state index >= 15 is 0 Å². The molecule has 0 atom stereocenters. The molecule has 2 aromatic heterocycles. The molecule has 10 heteroatoms. The maximum absolute atomic E-state index is 11.5. The number of nitrogens with one attached hydrogen (secondary N) is 2. The predicted octanol–water partition coefficient (Wildman–Crippen LogP) is 2.03. The zero-order valence-corrected chi connectivity index (χ0v) is 16.7. The van der Waals surface area contributed by atoms with Gasteiger partial charge in [-0.05, 0) is 24.3 Å². The molecule has 1 amide bonds. The first-order valence-corrected chi connectivity index (χ1v) is 9.91. The molecule has 4 heterocycles. The van der Waals surface area contributed by atoms with E-state index in [1.807, 2.05) is 24.3 Å². The Labute approximate surface area is 178 Å². The molecule has 31 heavy (non-hydrogen) atoms. The number of carbonyl (C=O) groups is 1. The Bertz CT molecular complexity index is 1110. The van der Waals surface area contributed by atoms with Crippen molar-refractivity contribution in [2.75, 3.05) is 54.2 Å². The second-order valence-corrected chi connectivity index (χ2v) is 7.18. The van der Waals surface area contributed by atoms with Crippen LogP contribution in [0.4, 0.5) is 29.0 Å². The minimum Gasteiger partial charge on any atom is -0.482 e. The Morgan fingerprint density at radius 3 is 2.77 bits per heavy atom. The van der Waals surface area contributed by atoms with Crippen molar-refractivity contribution in [2.24, 2.45) is 0 Å². The van der Waals surface area contributed by atoms with E-state index in [1.165, 1.54) is 0 Å². The van der Waals surface area contributed by atoms with Gasteiger partial charge in [0.25, 0.3) is 5.91 Å². The van der Waals surface area contributed by atoms with Crippen LogP contribution in [0.1, 0.15) is 0 Å². The van der Waals surface area contributed by atoms with Crippen molar-refractivity contribution in [2.45, 2.75) is 0 Å². The third-order valence-electron chi connectivity index (χ3n) is 4.98. The molecule has 1 fully saturated rings. The first-order chi connectivity index (χ1) is 15.1. The molecule has 1 saturated heterocycles. The molecule has 3 aromatic rings. The zero-order valence-electron chi connectivity index (χ0n) is 16.7. The number of nitrogen functional groups attached to an aromatic ring is 1. The van der Waals surface area contributed by atoms with Gasteiger partial charge < -0.3 is 30.7 Å².